The number of hydrogen-bond acceptors (Lipinski definition) is 5. The van der Waals surface area contributed by atoms with Gasteiger partial charge in [-0.15, -0.1) is 0 Å². The molecule has 2 unspecified atom stereocenters. The second kappa shape index (κ2) is 4.41. The van der Waals surface area contributed by atoms with E-state index in [0.717, 1.165) is 0 Å². The van der Waals surface area contributed by atoms with Crippen molar-refractivity contribution < 1.29 is 10.2 Å². The van der Waals surface area contributed by atoms with E-state index in [9.17, 15) is 10.2 Å². The van der Waals surface area contributed by atoms with Crippen molar-refractivity contribution in [1.29, 1.82) is 0 Å². The third kappa shape index (κ3) is 2.22. The molecule has 1 aromatic rings. The maximum Gasteiger partial charge on any atom is 0.151 e. The summed E-state index contributed by atoms with van der Waals surface area (Å²) in [7, 11) is 3.40. The van der Waals surface area contributed by atoms with Crippen LogP contribution in [0.15, 0.2) is 6.20 Å². The molecule has 6 heteroatoms. The summed E-state index contributed by atoms with van der Waals surface area (Å²) in [5.74, 6) is 0.246. The van der Waals surface area contributed by atoms with Crippen LogP contribution in [0.25, 0.3) is 0 Å². The molecular weight excluding hydrogens is 184 g/mol. The van der Waals surface area contributed by atoms with Crippen molar-refractivity contribution >= 4 is 5.82 Å². The summed E-state index contributed by atoms with van der Waals surface area (Å²) in [6, 6.07) is 0. The Morgan fingerprint density at radius 3 is 2.71 bits per heavy atom. The molecule has 1 rings (SSSR count). The molecule has 0 fully saturated rings. The number of aliphatic hydroxyl groups is 2. The van der Waals surface area contributed by atoms with Crippen LogP contribution >= 0.6 is 0 Å². The van der Waals surface area contributed by atoms with Crippen LogP contribution in [-0.4, -0.2) is 39.7 Å². The van der Waals surface area contributed by atoms with E-state index in [4.69, 9.17) is 5.73 Å². The second-order valence-electron chi connectivity index (χ2n) is 3.21. The van der Waals surface area contributed by atoms with Gasteiger partial charge in [0.05, 0.1) is 6.10 Å². The van der Waals surface area contributed by atoms with E-state index in [-0.39, 0.29) is 5.82 Å². The molecule has 0 aromatic carbocycles. The van der Waals surface area contributed by atoms with E-state index in [2.05, 4.69) is 10.4 Å². The highest BCUT2D eigenvalue weighted by atomic mass is 16.3. The summed E-state index contributed by atoms with van der Waals surface area (Å²) in [4.78, 5) is 0. The van der Waals surface area contributed by atoms with Crippen LogP contribution in [0.5, 0.6) is 0 Å². The third-order valence-electron chi connectivity index (χ3n) is 1.98. The van der Waals surface area contributed by atoms with Crippen molar-refractivity contribution in [3.05, 3.63) is 11.8 Å². The van der Waals surface area contributed by atoms with Gasteiger partial charge < -0.3 is 21.3 Å². The number of aryl methyl sites for hydroxylation is 1. The molecule has 0 aliphatic rings. The van der Waals surface area contributed by atoms with Crippen molar-refractivity contribution in [2.24, 2.45) is 7.05 Å². The Hall–Kier alpha value is -1.11. The molecule has 6 nitrogen and oxygen atoms in total. The normalized spacial score (nSPS) is 15.4. The topological polar surface area (TPSA) is 96.3 Å². The SMILES string of the molecule is CNCC(O)C(O)c1cn(C)nc1N. The first-order valence-corrected chi connectivity index (χ1v) is 4.36. The molecule has 0 saturated carbocycles. The minimum atomic E-state index is -1.00. The Morgan fingerprint density at radius 2 is 2.29 bits per heavy atom. The average molecular weight is 200 g/mol. The standard InChI is InChI=1S/C8H16N4O2/c1-10-3-6(13)7(14)5-4-12(2)11-8(5)9/h4,6-7,10,13-14H,3H2,1-2H3,(H2,9,11). The first-order chi connectivity index (χ1) is 6.56. The molecule has 1 aromatic heterocycles. The molecular formula is C8H16N4O2. The number of nitrogens with zero attached hydrogens (tertiary/aromatic N) is 2. The van der Waals surface area contributed by atoms with Gasteiger partial charge in [-0.2, -0.15) is 5.10 Å². The quantitative estimate of drug-likeness (QED) is 0.480. The molecule has 0 aliphatic heterocycles. The lowest BCUT2D eigenvalue weighted by Crippen LogP contribution is -2.29. The molecule has 0 aliphatic carbocycles. The number of aliphatic hydroxyl groups excluding tert-OH is 2. The molecule has 14 heavy (non-hydrogen) atoms. The average Bonchev–Trinajstić information content (AvgIpc) is 2.44. The number of nitrogen functional groups attached to an aromatic ring is 1. The van der Waals surface area contributed by atoms with E-state index >= 15 is 0 Å². The minimum Gasteiger partial charge on any atom is -0.389 e. The van der Waals surface area contributed by atoms with Crippen LogP contribution in [0.2, 0.25) is 0 Å². The molecule has 0 bridgehead atoms. The van der Waals surface area contributed by atoms with Gasteiger partial charge in [-0.1, -0.05) is 0 Å². The third-order valence-corrected chi connectivity index (χ3v) is 1.98. The lowest BCUT2D eigenvalue weighted by atomic mass is 10.1. The Morgan fingerprint density at radius 1 is 1.64 bits per heavy atom. The number of nitrogens with one attached hydrogen (secondary N) is 1. The van der Waals surface area contributed by atoms with Crippen LogP contribution in [0, 0.1) is 0 Å². The van der Waals surface area contributed by atoms with Gasteiger partial charge in [-0.3, -0.25) is 4.68 Å². The van der Waals surface area contributed by atoms with Crippen molar-refractivity contribution in [2.75, 3.05) is 19.3 Å². The summed E-state index contributed by atoms with van der Waals surface area (Å²) in [6.45, 7) is 0.301. The van der Waals surface area contributed by atoms with Crippen molar-refractivity contribution in [1.82, 2.24) is 15.1 Å². The fourth-order valence-electron chi connectivity index (χ4n) is 1.28. The van der Waals surface area contributed by atoms with E-state index in [1.807, 2.05) is 0 Å². The van der Waals surface area contributed by atoms with Crippen LogP contribution < -0.4 is 11.1 Å². The molecule has 2 atom stereocenters. The molecule has 0 saturated heterocycles. The number of rotatable bonds is 4. The van der Waals surface area contributed by atoms with Crippen LogP contribution in [0.4, 0.5) is 5.82 Å². The number of aromatic nitrogens is 2. The first kappa shape index (κ1) is 11.0. The Labute approximate surface area is 82.3 Å². The number of nitrogens with two attached hydrogens (primary N) is 1. The summed E-state index contributed by atoms with van der Waals surface area (Å²) in [5, 5.41) is 25.8. The highest BCUT2D eigenvalue weighted by Crippen LogP contribution is 2.21. The van der Waals surface area contributed by atoms with E-state index in [0.29, 0.717) is 12.1 Å². The van der Waals surface area contributed by atoms with Gasteiger partial charge in [0, 0.05) is 25.4 Å². The summed E-state index contributed by atoms with van der Waals surface area (Å²) < 4.78 is 1.50. The summed E-state index contributed by atoms with van der Waals surface area (Å²) >= 11 is 0. The molecule has 80 valence electrons. The molecule has 0 radical (unpaired) electrons. The van der Waals surface area contributed by atoms with E-state index in [1.165, 1.54) is 4.68 Å². The van der Waals surface area contributed by atoms with Gasteiger partial charge in [0.2, 0.25) is 0 Å². The monoisotopic (exact) mass is 200 g/mol. The molecule has 1 heterocycles. The van der Waals surface area contributed by atoms with Gasteiger partial charge in [0.1, 0.15) is 6.10 Å². The number of hydrogen-bond donors (Lipinski definition) is 4. The predicted octanol–water partition coefficient (Wildman–Crippen LogP) is -1.38. The van der Waals surface area contributed by atoms with Crippen LogP contribution in [0.1, 0.15) is 11.7 Å². The van der Waals surface area contributed by atoms with Crippen LogP contribution in [0.3, 0.4) is 0 Å². The van der Waals surface area contributed by atoms with E-state index < -0.39 is 12.2 Å². The second-order valence-corrected chi connectivity index (χ2v) is 3.21. The molecule has 0 amide bonds. The highest BCUT2D eigenvalue weighted by Gasteiger charge is 2.21. The largest absolute Gasteiger partial charge is 0.389 e. The summed E-state index contributed by atoms with van der Waals surface area (Å²) in [5.41, 5.74) is 6.01. The minimum absolute atomic E-state index is 0.246. The zero-order valence-corrected chi connectivity index (χ0v) is 8.31. The lowest BCUT2D eigenvalue weighted by Gasteiger charge is -2.16. The Balaban J connectivity index is 2.77. The Kier molecular flexibility index (Phi) is 3.45. The van der Waals surface area contributed by atoms with Gasteiger partial charge in [0.25, 0.3) is 0 Å². The van der Waals surface area contributed by atoms with Crippen molar-refractivity contribution in [2.45, 2.75) is 12.2 Å². The summed E-state index contributed by atoms with van der Waals surface area (Å²) in [6.07, 6.45) is -0.290. The zero-order chi connectivity index (χ0) is 10.7. The maximum absolute atomic E-state index is 9.69. The van der Waals surface area contributed by atoms with Gasteiger partial charge in [0.15, 0.2) is 5.82 Å². The highest BCUT2D eigenvalue weighted by molar-refractivity contribution is 5.39. The number of anilines is 1. The first-order valence-electron chi connectivity index (χ1n) is 4.36. The van der Waals surface area contributed by atoms with E-state index in [1.54, 1.807) is 20.3 Å². The van der Waals surface area contributed by atoms with Gasteiger partial charge in [-0.05, 0) is 7.05 Å². The molecule has 0 spiro atoms. The van der Waals surface area contributed by atoms with Crippen LogP contribution in [-0.2, 0) is 7.05 Å². The maximum atomic E-state index is 9.69. The van der Waals surface area contributed by atoms with Gasteiger partial charge >= 0.3 is 0 Å². The Bertz CT molecular complexity index is 300. The lowest BCUT2D eigenvalue weighted by molar-refractivity contribution is 0.0206. The van der Waals surface area contributed by atoms with Gasteiger partial charge in [-0.25, -0.2) is 0 Å². The fraction of sp³-hybridized carbons (Fsp3) is 0.625. The van der Waals surface area contributed by atoms with Crippen molar-refractivity contribution in [3.8, 4) is 0 Å². The smallest absolute Gasteiger partial charge is 0.151 e. The fourth-order valence-corrected chi connectivity index (χ4v) is 1.28. The zero-order valence-electron chi connectivity index (χ0n) is 8.31. The molecule has 5 N–H and O–H groups in total. The predicted molar refractivity (Wildman–Crippen MR) is 52.5 cm³/mol. The number of likely N-dealkylation sites (N-methyl/N-ethyl adjacent to an activating group) is 1. The van der Waals surface area contributed by atoms with Crippen molar-refractivity contribution in [3.63, 3.8) is 0 Å².